The lowest BCUT2D eigenvalue weighted by molar-refractivity contribution is -0.130. The summed E-state index contributed by atoms with van der Waals surface area (Å²) in [4.78, 5) is 25.0. The molecule has 6 heteroatoms. The summed E-state index contributed by atoms with van der Waals surface area (Å²) in [5.74, 6) is 0.428. The fraction of sp³-hybridized carbons (Fsp3) is 0.450. The fourth-order valence-electron chi connectivity index (χ4n) is 3.27. The standard InChI is InChI=1S/C20H26N4O2/c1-23(2)20(26)13-24-9-3-4-17(12-24)19-11-21-10-18(22-19)16-7-5-15(14-25)6-8-16/h5-8,10-11,17,25H,3-4,9,12-14H2,1-2H3. The number of aliphatic hydroxyl groups excluding tert-OH is 1. The van der Waals surface area contributed by atoms with Crippen LogP contribution in [0.4, 0.5) is 0 Å². The summed E-state index contributed by atoms with van der Waals surface area (Å²) >= 11 is 0. The largest absolute Gasteiger partial charge is 0.392 e. The monoisotopic (exact) mass is 354 g/mol. The molecule has 1 amide bonds. The maximum Gasteiger partial charge on any atom is 0.236 e. The molecule has 1 aromatic carbocycles. The highest BCUT2D eigenvalue weighted by atomic mass is 16.3. The summed E-state index contributed by atoms with van der Waals surface area (Å²) in [6.07, 6.45) is 5.73. The van der Waals surface area contributed by atoms with Crippen molar-refractivity contribution in [2.24, 2.45) is 0 Å². The Labute approximate surface area is 154 Å². The van der Waals surface area contributed by atoms with E-state index in [4.69, 9.17) is 4.98 Å². The minimum Gasteiger partial charge on any atom is -0.392 e. The molecule has 1 unspecified atom stereocenters. The fourth-order valence-corrected chi connectivity index (χ4v) is 3.27. The van der Waals surface area contributed by atoms with E-state index in [9.17, 15) is 9.90 Å². The third kappa shape index (κ3) is 4.45. The molecule has 1 fully saturated rings. The quantitative estimate of drug-likeness (QED) is 0.888. The van der Waals surface area contributed by atoms with Gasteiger partial charge in [0.25, 0.3) is 0 Å². The lowest BCUT2D eigenvalue weighted by Crippen LogP contribution is -2.41. The van der Waals surface area contributed by atoms with E-state index >= 15 is 0 Å². The van der Waals surface area contributed by atoms with Crippen LogP contribution in [0.25, 0.3) is 11.3 Å². The van der Waals surface area contributed by atoms with Gasteiger partial charge >= 0.3 is 0 Å². The van der Waals surface area contributed by atoms with Gasteiger partial charge in [0.1, 0.15) is 0 Å². The molecule has 1 N–H and O–H groups in total. The van der Waals surface area contributed by atoms with Crippen LogP contribution in [-0.2, 0) is 11.4 Å². The van der Waals surface area contributed by atoms with E-state index in [-0.39, 0.29) is 12.5 Å². The number of carbonyl (C=O) groups excluding carboxylic acids is 1. The van der Waals surface area contributed by atoms with E-state index in [1.807, 2.05) is 30.5 Å². The number of rotatable bonds is 5. The molecule has 2 heterocycles. The normalized spacial score (nSPS) is 17.9. The van der Waals surface area contributed by atoms with E-state index in [1.54, 1.807) is 25.2 Å². The van der Waals surface area contributed by atoms with Crippen LogP contribution in [0, 0.1) is 0 Å². The number of nitrogens with zero attached hydrogens (tertiary/aromatic N) is 4. The second-order valence-corrected chi connectivity index (χ2v) is 7.05. The number of carbonyl (C=O) groups is 1. The number of aliphatic hydroxyl groups is 1. The van der Waals surface area contributed by atoms with E-state index in [0.717, 1.165) is 48.4 Å². The zero-order chi connectivity index (χ0) is 18.5. The minimum absolute atomic E-state index is 0.0373. The first-order valence-corrected chi connectivity index (χ1v) is 9.01. The molecule has 1 aliphatic heterocycles. The Bertz CT molecular complexity index is 746. The summed E-state index contributed by atoms with van der Waals surface area (Å²) in [7, 11) is 3.58. The van der Waals surface area contributed by atoms with Gasteiger partial charge < -0.3 is 10.0 Å². The van der Waals surface area contributed by atoms with Crippen molar-refractivity contribution < 1.29 is 9.90 Å². The lowest BCUT2D eigenvalue weighted by Gasteiger charge is -2.32. The highest BCUT2D eigenvalue weighted by molar-refractivity contribution is 5.77. The van der Waals surface area contributed by atoms with Crippen molar-refractivity contribution >= 4 is 5.91 Å². The van der Waals surface area contributed by atoms with Crippen molar-refractivity contribution in [2.75, 3.05) is 33.7 Å². The van der Waals surface area contributed by atoms with E-state index in [2.05, 4.69) is 9.88 Å². The lowest BCUT2D eigenvalue weighted by atomic mass is 9.94. The zero-order valence-corrected chi connectivity index (χ0v) is 15.4. The predicted molar refractivity (Wildman–Crippen MR) is 100 cm³/mol. The summed E-state index contributed by atoms with van der Waals surface area (Å²) < 4.78 is 0. The average molecular weight is 354 g/mol. The van der Waals surface area contributed by atoms with Gasteiger partial charge in [-0.1, -0.05) is 24.3 Å². The first-order valence-electron chi connectivity index (χ1n) is 9.01. The van der Waals surface area contributed by atoms with Gasteiger partial charge in [-0.15, -0.1) is 0 Å². The Morgan fingerprint density at radius 3 is 2.73 bits per heavy atom. The Kier molecular flexibility index (Phi) is 5.96. The van der Waals surface area contributed by atoms with Gasteiger partial charge in [-0.25, -0.2) is 4.98 Å². The molecule has 1 saturated heterocycles. The number of likely N-dealkylation sites (N-methyl/N-ethyl adjacent to an activating group) is 1. The molecule has 0 radical (unpaired) electrons. The molecule has 2 aromatic rings. The van der Waals surface area contributed by atoms with Crippen LogP contribution in [0.3, 0.4) is 0 Å². The summed E-state index contributed by atoms with van der Waals surface area (Å²) in [5, 5.41) is 9.18. The number of hydrogen-bond donors (Lipinski definition) is 1. The Balaban J connectivity index is 1.73. The average Bonchev–Trinajstić information content (AvgIpc) is 2.68. The van der Waals surface area contributed by atoms with Gasteiger partial charge in [0.15, 0.2) is 0 Å². The molecule has 26 heavy (non-hydrogen) atoms. The van der Waals surface area contributed by atoms with Gasteiger partial charge in [0.2, 0.25) is 5.91 Å². The second-order valence-electron chi connectivity index (χ2n) is 7.05. The summed E-state index contributed by atoms with van der Waals surface area (Å²) in [5.41, 5.74) is 3.70. The van der Waals surface area contributed by atoms with Crippen LogP contribution in [0.15, 0.2) is 36.7 Å². The summed E-state index contributed by atoms with van der Waals surface area (Å²) in [6, 6.07) is 7.72. The number of aromatic nitrogens is 2. The van der Waals surface area contributed by atoms with Crippen LogP contribution < -0.4 is 0 Å². The van der Waals surface area contributed by atoms with Crippen LogP contribution in [-0.4, -0.2) is 64.5 Å². The third-order valence-electron chi connectivity index (χ3n) is 4.87. The molecule has 1 aromatic heterocycles. The van der Waals surface area contributed by atoms with Crippen molar-refractivity contribution in [3.8, 4) is 11.3 Å². The molecular formula is C20H26N4O2. The Morgan fingerprint density at radius 2 is 2.04 bits per heavy atom. The number of benzene rings is 1. The molecule has 1 aliphatic rings. The molecule has 6 nitrogen and oxygen atoms in total. The molecular weight excluding hydrogens is 328 g/mol. The molecule has 138 valence electrons. The van der Waals surface area contributed by atoms with Gasteiger partial charge in [0, 0.05) is 38.3 Å². The highest BCUT2D eigenvalue weighted by Crippen LogP contribution is 2.27. The Hall–Kier alpha value is -2.31. The van der Waals surface area contributed by atoms with Crippen molar-refractivity contribution in [2.45, 2.75) is 25.4 Å². The molecule has 1 atom stereocenters. The number of amides is 1. The van der Waals surface area contributed by atoms with Gasteiger partial charge in [0.05, 0.1) is 30.7 Å². The smallest absolute Gasteiger partial charge is 0.236 e. The summed E-state index contributed by atoms with van der Waals surface area (Å²) in [6.45, 7) is 2.28. The molecule has 0 bridgehead atoms. The van der Waals surface area contributed by atoms with Crippen molar-refractivity contribution in [3.63, 3.8) is 0 Å². The van der Waals surface area contributed by atoms with Crippen LogP contribution in [0.5, 0.6) is 0 Å². The Morgan fingerprint density at radius 1 is 1.27 bits per heavy atom. The maximum atomic E-state index is 12.0. The van der Waals surface area contributed by atoms with Crippen molar-refractivity contribution in [1.82, 2.24) is 19.8 Å². The van der Waals surface area contributed by atoms with Gasteiger partial charge in [-0.2, -0.15) is 0 Å². The second kappa shape index (κ2) is 8.38. The molecule has 3 rings (SSSR count). The first kappa shape index (κ1) is 18.5. The van der Waals surface area contributed by atoms with Crippen molar-refractivity contribution in [3.05, 3.63) is 47.9 Å². The zero-order valence-electron chi connectivity index (χ0n) is 15.4. The van der Waals surface area contributed by atoms with Crippen LogP contribution >= 0.6 is 0 Å². The topological polar surface area (TPSA) is 69.6 Å². The maximum absolute atomic E-state index is 12.0. The first-order chi connectivity index (χ1) is 12.6. The SMILES string of the molecule is CN(C)C(=O)CN1CCCC(c2cncc(-c3ccc(CO)cc3)n2)C1. The molecule has 0 aliphatic carbocycles. The van der Waals surface area contributed by atoms with E-state index < -0.39 is 0 Å². The number of piperidine rings is 1. The molecule has 0 saturated carbocycles. The van der Waals surface area contributed by atoms with Gasteiger partial charge in [-0.05, 0) is 24.9 Å². The predicted octanol–water partition coefficient (Wildman–Crippen LogP) is 1.90. The molecule has 0 spiro atoms. The number of hydrogen-bond acceptors (Lipinski definition) is 5. The van der Waals surface area contributed by atoms with E-state index in [0.29, 0.717) is 12.5 Å². The number of likely N-dealkylation sites (tertiary alicyclic amines) is 1. The van der Waals surface area contributed by atoms with Crippen LogP contribution in [0.2, 0.25) is 0 Å². The highest BCUT2D eigenvalue weighted by Gasteiger charge is 2.24. The minimum atomic E-state index is 0.0373. The van der Waals surface area contributed by atoms with Crippen molar-refractivity contribution in [1.29, 1.82) is 0 Å². The third-order valence-corrected chi connectivity index (χ3v) is 4.87. The van der Waals surface area contributed by atoms with E-state index in [1.165, 1.54) is 0 Å². The van der Waals surface area contributed by atoms with Crippen LogP contribution in [0.1, 0.15) is 30.0 Å². The van der Waals surface area contributed by atoms with Gasteiger partial charge in [-0.3, -0.25) is 14.7 Å².